The van der Waals surface area contributed by atoms with Gasteiger partial charge in [-0.05, 0) is 48.2 Å². The highest BCUT2D eigenvalue weighted by Crippen LogP contribution is 2.10. The molecule has 3 rings (SSSR count). The van der Waals surface area contributed by atoms with Gasteiger partial charge in [0.1, 0.15) is 0 Å². The predicted molar refractivity (Wildman–Crippen MR) is 96.5 cm³/mol. The molecule has 0 bridgehead atoms. The van der Waals surface area contributed by atoms with Crippen molar-refractivity contribution >= 4 is 5.78 Å². The summed E-state index contributed by atoms with van der Waals surface area (Å²) in [7, 11) is 0. The van der Waals surface area contributed by atoms with Crippen LogP contribution < -0.4 is 0 Å². The molecule has 0 spiro atoms. The highest BCUT2D eigenvalue weighted by Gasteiger charge is 2.07. The SMILES string of the molecule is O=C(c1ccccc1)c1ccc(C#CC#Cc2ccccc2)cc1. The van der Waals surface area contributed by atoms with Gasteiger partial charge in [0.05, 0.1) is 0 Å². The molecule has 0 saturated heterocycles. The maximum Gasteiger partial charge on any atom is 0.193 e. The molecule has 3 aromatic carbocycles. The quantitative estimate of drug-likeness (QED) is 0.509. The minimum absolute atomic E-state index is 0.0129. The molecule has 112 valence electrons. The molecule has 0 aliphatic heterocycles. The number of ketones is 1. The van der Waals surface area contributed by atoms with Gasteiger partial charge >= 0.3 is 0 Å². The third-order valence-electron chi connectivity index (χ3n) is 3.43. The second-order valence-corrected chi connectivity index (χ2v) is 5.14. The lowest BCUT2D eigenvalue weighted by atomic mass is 10.0. The summed E-state index contributed by atoms with van der Waals surface area (Å²) in [4.78, 5) is 12.3. The molecular weight excluding hydrogens is 292 g/mol. The van der Waals surface area contributed by atoms with Crippen LogP contribution in [0.3, 0.4) is 0 Å². The largest absolute Gasteiger partial charge is 0.289 e. The van der Waals surface area contributed by atoms with Crippen LogP contribution in [0.25, 0.3) is 0 Å². The Bertz CT molecular complexity index is 945. The topological polar surface area (TPSA) is 17.1 Å². The van der Waals surface area contributed by atoms with Crippen molar-refractivity contribution in [2.75, 3.05) is 0 Å². The van der Waals surface area contributed by atoms with Gasteiger partial charge in [-0.2, -0.15) is 0 Å². The average Bonchev–Trinajstić information content (AvgIpc) is 2.67. The van der Waals surface area contributed by atoms with Crippen LogP contribution in [0.15, 0.2) is 84.9 Å². The molecule has 1 heteroatoms. The summed E-state index contributed by atoms with van der Waals surface area (Å²) < 4.78 is 0. The Hall–Kier alpha value is -3.55. The number of benzene rings is 3. The van der Waals surface area contributed by atoms with Crippen LogP contribution in [-0.2, 0) is 0 Å². The van der Waals surface area contributed by atoms with E-state index in [2.05, 4.69) is 23.7 Å². The summed E-state index contributed by atoms with van der Waals surface area (Å²) in [5.41, 5.74) is 3.12. The molecule has 0 unspecified atom stereocenters. The van der Waals surface area contributed by atoms with Gasteiger partial charge in [-0.15, -0.1) is 0 Å². The van der Waals surface area contributed by atoms with Crippen LogP contribution in [0, 0.1) is 23.7 Å². The molecule has 3 aromatic rings. The Morgan fingerprint density at radius 2 is 1.00 bits per heavy atom. The van der Waals surface area contributed by atoms with Gasteiger partial charge in [0.15, 0.2) is 5.78 Å². The molecule has 0 saturated carbocycles. The molecule has 0 N–H and O–H groups in total. The average molecular weight is 306 g/mol. The van der Waals surface area contributed by atoms with E-state index < -0.39 is 0 Å². The molecule has 0 fully saturated rings. The van der Waals surface area contributed by atoms with Crippen LogP contribution in [0.2, 0.25) is 0 Å². The highest BCUT2D eigenvalue weighted by molar-refractivity contribution is 6.08. The van der Waals surface area contributed by atoms with Gasteiger partial charge in [0.25, 0.3) is 0 Å². The van der Waals surface area contributed by atoms with Crippen molar-refractivity contribution in [3.63, 3.8) is 0 Å². The third kappa shape index (κ3) is 4.01. The number of carbonyl (C=O) groups is 1. The normalized spacial score (nSPS) is 9.17. The van der Waals surface area contributed by atoms with E-state index in [9.17, 15) is 4.79 Å². The van der Waals surface area contributed by atoms with Gasteiger partial charge in [0.2, 0.25) is 0 Å². The molecule has 1 nitrogen and oxygen atoms in total. The van der Waals surface area contributed by atoms with Crippen molar-refractivity contribution in [3.8, 4) is 23.7 Å². The standard InChI is InChI=1S/C23H14O/c24-23(21-13-5-2-6-14-21)22-17-15-20(16-18-22)12-8-7-11-19-9-3-1-4-10-19/h1-6,9-10,13-18H. The molecule has 24 heavy (non-hydrogen) atoms. The Balaban J connectivity index is 1.71. The Labute approximate surface area is 142 Å². The Morgan fingerprint density at radius 1 is 0.542 bits per heavy atom. The van der Waals surface area contributed by atoms with E-state index in [0.717, 1.165) is 11.1 Å². The van der Waals surface area contributed by atoms with Crippen LogP contribution >= 0.6 is 0 Å². The molecule has 0 amide bonds. The first kappa shape index (κ1) is 15.3. The maximum atomic E-state index is 12.3. The minimum atomic E-state index is 0.0129. The lowest BCUT2D eigenvalue weighted by Gasteiger charge is -2.00. The highest BCUT2D eigenvalue weighted by atomic mass is 16.1. The summed E-state index contributed by atoms with van der Waals surface area (Å²) >= 11 is 0. The van der Waals surface area contributed by atoms with E-state index in [-0.39, 0.29) is 5.78 Å². The van der Waals surface area contributed by atoms with Crippen molar-refractivity contribution in [3.05, 3.63) is 107 Å². The fourth-order valence-corrected chi connectivity index (χ4v) is 2.19. The van der Waals surface area contributed by atoms with Crippen LogP contribution in [0.1, 0.15) is 27.0 Å². The first-order valence-corrected chi connectivity index (χ1v) is 7.60. The van der Waals surface area contributed by atoms with Crippen LogP contribution in [0.5, 0.6) is 0 Å². The monoisotopic (exact) mass is 306 g/mol. The summed E-state index contributed by atoms with van der Waals surface area (Å²) in [6, 6.07) is 26.2. The Kier molecular flexibility index (Phi) is 4.88. The van der Waals surface area contributed by atoms with E-state index in [1.165, 1.54) is 0 Å². The molecular formula is C23H14O. The van der Waals surface area contributed by atoms with Crippen molar-refractivity contribution in [1.29, 1.82) is 0 Å². The third-order valence-corrected chi connectivity index (χ3v) is 3.43. The molecule has 0 aliphatic rings. The molecule has 0 atom stereocenters. The van der Waals surface area contributed by atoms with Crippen LogP contribution in [-0.4, -0.2) is 5.78 Å². The first-order valence-electron chi connectivity index (χ1n) is 7.60. The van der Waals surface area contributed by atoms with Crippen molar-refractivity contribution in [1.82, 2.24) is 0 Å². The zero-order valence-electron chi connectivity index (χ0n) is 13.0. The van der Waals surface area contributed by atoms with Crippen molar-refractivity contribution < 1.29 is 4.79 Å². The second-order valence-electron chi connectivity index (χ2n) is 5.14. The van der Waals surface area contributed by atoms with Gasteiger partial charge < -0.3 is 0 Å². The Morgan fingerprint density at radius 3 is 1.58 bits per heavy atom. The predicted octanol–water partition coefficient (Wildman–Crippen LogP) is 4.32. The maximum absolute atomic E-state index is 12.3. The molecule has 0 aliphatic carbocycles. The van der Waals surface area contributed by atoms with Crippen molar-refractivity contribution in [2.45, 2.75) is 0 Å². The zero-order chi connectivity index (χ0) is 16.6. The van der Waals surface area contributed by atoms with E-state index >= 15 is 0 Å². The van der Waals surface area contributed by atoms with E-state index in [1.807, 2.05) is 72.8 Å². The van der Waals surface area contributed by atoms with Crippen molar-refractivity contribution in [2.24, 2.45) is 0 Å². The van der Waals surface area contributed by atoms with Gasteiger partial charge in [-0.1, -0.05) is 60.4 Å². The summed E-state index contributed by atoms with van der Waals surface area (Å²) in [6.45, 7) is 0. The summed E-state index contributed by atoms with van der Waals surface area (Å²) in [5.74, 6) is 11.7. The number of hydrogen-bond donors (Lipinski definition) is 0. The fraction of sp³-hybridized carbons (Fsp3) is 0. The fourth-order valence-electron chi connectivity index (χ4n) is 2.19. The van der Waals surface area contributed by atoms with E-state index in [0.29, 0.717) is 11.1 Å². The summed E-state index contributed by atoms with van der Waals surface area (Å²) in [5, 5.41) is 0. The number of hydrogen-bond acceptors (Lipinski definition) is 1. The van der Waals surface area contributed by atoms with E-state index in [1.54, 1.807) is 12.1 Å². The van der Waals surface area contributed by atoms with Crippen LogP contribution in [0.4, 0.5) is 0 Å². The smallest absolute Gasteiger partial charge is 0.193 e. The molecule has 0 heterocycles. The number of rotatable bonds is 2. The zero-order valence-corrected chi connectivity index (χ0v) is 13.0. The second kappa shape index (κ2) is 7.63. The molecule has 0 aromatic heterocycles. The number of carbonyl (C=O) groups excluding carboxylic acids is 1. The summed E-state index contributed by atoms with van der Waals surface area (Å²) in [6.07, 6.45) is 0. The van der Waals surface area contributed by atoms with Gasteiger partial charge in [-0.3, -0.25) is 4.79 Å². The van der Waals surface area contributed by atoms with Gasteiger partial charge in [0, 0.05) is 22.3 Å². The first-order chi connectivity index (χ1) is 11.8. The lowest BCUT2D eigenvalue weighted by molar-refractivity contribution is 0.103. The lowest BCUT2D eigenvalue weighted by Crippen LogP contribution is -2.00. The van der Waals surface area contributed by atoms with E-state index in [4.69, 9.17) is 0 Å². The molecule has 0 radical (unpaired) electrons. The van der Waals surface area contributed by atoms with Gasteiger partial charge in [-0.25, -0.2) is 0 Å². The minimum Gasteiger partial charge on any atom is -0.289 e.